The molecule has 20 heavy (non-hydrogen) atoms. The van der Waals surface area contributed by atoms with E-state index in [0.717, 1.165) is 30.4 Å². The standard InChI is InChI=1S/C15H20BrFN2O/c16-13-5-6-14(17)12(11-13)7-8-18-15(20)19-9-3-1-2-4-10-19/h5-6,11H,1-4,7-10H2,(H,18,20). The van der Waals surface area contributed by atoms with Gasteiger partial charge in [0.1, 0.15) is 5.82 Å². The van der Waals surface area contributed by atoms with Gasteiger partial charge in [0.15, 0.2) is 0 Å². The van der Waals surface area contributed by atoms with Crippen LogP contribution in [0.25, 0.3) is 0 Å². The Balaban J connectivity index is 1.80. The first-order valence-electron chi connectivity index (χ1n) is 7.13. The van der Waals surface area contributed by atoms with Crippen molar-refractivity contribution >= 4 is 22.0 Å². The summed E-state index contributed by atoms with van der Waals surface area (Å²) in [7, 11) is 0. The molecule has 0 unspecified atom stereocenters. The first-order chi connectivity index (χ1) is 9.66. The molecule has 1 heterocycles. The summed E-state index contributed by atoms with van der Waals surface area (Å²) in [5, 5.41) is 2.88. The number of urea groups is 1. The molecule has 2 rings (SSSR count). The molecule has 1 aromatic rings. The maximum atomic E-state index is 13.6. The van der Waals surface area contributed by atoms with Crippen LogP contribution in [0.4, 0.5) is 9.18 Å². The second-order valence-corrected chi connectivity index (χ2v) is 6.03. The summed E-state index contributed by atoms with van der Waals surface area (Å²) in [4.78, 5) is 13.9. The van der Waals surface area contributed by atoms with Gasteiger partial charge in [0, 0.05) is 24.1 Å². The molecule has 0 aromatic heterocycles. The highest BCUT2D eigenvalue weighted by molar-refractivity contribution is 9.10. The molecule has 1 aromatic carbocycles. The highest BCUT2D eigenvalue weighted by atomic mass is 79.9. The van der Waals surface area contributed by atoms with Gasteiger partial charge in [-0.15, -0.1) is 0 Å². The van der Waals surface area contributed by atoms with Gasteiger partial charge in [0.05, 0.1) is 0 Å². The lowest BCUT2D eigenvalue weighted by atomic mass is 10.1. The molecule has 1 aliphatic heterocycles. The first kappa shape index (κ1) is 15.3. The van der Waals surface area contributed by atoms with Crippen molar-refractivity contribution in [3.8, 4) is 0 Å². The predicted molar refractivity (Wildman–Crippen MR) is 81.2 cm³/mol. The van der Waals surface area contributed by atoms with E-state index in [2.05, 4.69) is 21.2 Å². The summed E-state index contributed by atoms with van der Waals surface area (Å²) >= 11 is 3.33. The number of nitrogens with one attached hydrogen (secondary N) is 1. The molecule has 0 atom stereocenters. The van der Waals surface area contributed by atoms with Crippen molar-refractivity contribution in [2.24, 2.45) is 0 Å². The van der Waals surface area contributed by atoms with Crippen LogP contribution in [-0.4, -0.2) is 30.6 Å². The Morgan fingerprint density at radius 3 is 2.65 bits per heavy atom. The average Bonchev–Trinajstić information content (AvgIpc) is 2.71. The molecular weight excluding hydrogens is 323 g/mol. The lowest BCUT2D eigenvalue weighted by molar-refractivity contribution is 0.200. The number of halogens is 2. The van der Waals surface area contributed by atoms with Gasteiger partial charge in [0.2, 0.25) is 0 Å². The van der Waals surface area contributed by atoms with Crippen molar-refractivity contribution < 1.29 is 9.18 Å². The zero-order valence-corrected chi connectivity index (χ0v) is 13.1. The molecule has 0 saturated carbocycles. The number of hydrogen-bond donors (Lipinski definition) is 1. The minimum absolute atomic E-state index is 0.0256. The third-order valence-electron chi connectivity index (χ3n) is 3.57. The van der Waals surface area contributed by atoms with Crippen LogP contribution in [0.2, 0.25) is 0 Å². The molecule has 1 fully saturated rings. The lowest BCUT2D eigenvalue weighted by Crippen LogP contribution is -2.41. The highest BCUT2D eigenvalue weighted by Crippen LogP contribution is 2.15. The minimum Gasteiger partial charge on any atom is -0.338 e. The number of carbonyl (C=O) groups excluding carboxylic acids is 1. The number of likely N-dealkylation sites (tertiary alicyclic amines) is 1. The fraction of sp³-hybridized carbons (Fsp3) is 0.533. The molecule has 110 valence electrons. The summed E-state index contributed by atoms with van der Waals surface area (Å²) in [6, 6.07) is 4.85. The van der Waals surface area contributed by atoms with Crippen LogP contribution in [0.15, 0.2) is 22.7 Å². The Morgan fingerprint density at radius 2 is 1.95 bits per heavy atom. The summed E-state index contributed by atoms with van der Waals surface area (Å²) in [6.07, 6.45) is 5.06. The molecule has 0 aliphatic carbocycles. The molecule has 5 heteroatoms. The van der Waals surface area contributed by atoms with Crippen molar-refractivity contribution in [3.05, 3.63) is 34.1 Å². The molecule has 1 N–H and O–H groups in total. The maximum Gasteiger partial charge on any atom is 0.317 e. The molecule has 0 bridgehead atoms. The van der Waals surface area contributed by atoms with Crippen LogP contribution in [0.3, 0.4) is 0 Å². The summed E-state index contributed by atoms with van der Waals surface area (Å²) in [5.41, 5.74) is 0.621. The number of nitrogens with zero attached hydrogens (tertiary/aromatic N) is 1. The molecule has 2 amide bonds. The highest BCUT2D eigenvalue weighted by Gasteiger charge is 2.14. The van der Waals surface area contributed by atoms with Crippen LogP contribution in [0, 0.1) is 5.82 Å². The van der Waals surface area contributed by atoms with Crippen LogP contribution < -0.4 is 5.32 Å². The van der Waals surface area contributed by atoms with Gasteiger partial charge in [0.25, 0.3) is 0 Å². The number of carbonyl (C=O) groups is 1. The maximum absolute atomic E-state index is 13.6. The summed E-state index contributed by atoms with van der Waals surface area (Å²) in [5.74, 6) is -0.225. The Bertz CT molecular complexity index is 459. The monoisotopic (exact) mass is 342 g/mol. The molecule has 3 nitrogen and oxygen atoms in total. The Hall–Kier alpha value is -1.10. The van der Waals surface area contributed by atoms with E-state index in [4.69, 9.17) is 0 Å². The third kappa shape index (κ3) is 4.47. The second kappa shape index (κ2) is 7.62. The fourth-order valence-corrected chi connectivity index (χ4v) is 2.83. The molecule has 1 aliphatic rings. The van der Waals surface area contributed by atoms with Crippen LogP contribution in [-0.2, 0) is 6.42 Å². The minimum atomic E-state index is -0.225. The smallest absolute Gasteiger partial charge is 0.317 e. The van der Waals surface area contributed by atoms with Crippen molar-refractivity contribution in [2.75, 3.05) is 19.6 Å². The van der Waals surface area contributed by atoms with Crippen LogP contribution >= 0.6 is 15.9 Å². The zero-order chi connectivity index (χ0) is 14.4. The van der Waals surface area contributed by atoms with E-state index in [9.17, 15) is 9.18 Å². The van der Waals surface area contributed by atoms with E-state index in [1.807, 2.05) is 4.90 Å². The van der Waals surface area contributed by atoms with E-state index < -0.39 is 0 Å². The Labute approximate surface area is 127 Å². The van der Waals surface area contributed by atoms with Crippen molar-refractivity contribution in [3.63, 3.8) is 0 Å². The number of benzene rings is 1. The van der Waals surface area contributed by atoms with Crippen LogP contribution in [0.1, 0.15) is 31.2 Å². The van der Waals surface area contributed by atoms with Gasteiger partial charge < -0.3 is 10.2 Å². The van der Waals surface area contributed by atoms with Gasteiger partial charge in [-0.25, -0.2) is 9.18 Å². The molecule has 0 spiro atoms. The van der Waals surface area contributed by atoms with E-state index in [-0.39, 0.29) is 11.8 Å². The number of rotatable bonds is 3. The SMILES string of the molecule is O=C(NCCc1cc(Br)ccc1F)N1CCCCCC1. The van der Waals surface area contributed by atoms with E-state index in [1.165, 1.54) is 18.9 Å². The van der Waals surface area contributed by atoms with Gasteiger partial charge in [-0.1, -0.05) is 28.8 Å². The van der Waals surface area contributed by atoms with Gasteiger partial charge >= 0.3 is 6.03 Å². The lowest BCUT2D eigenvalue weighted by Gasteiger charge is -2.20. The second-order valence-electron chi connectivity index (χ2n) is 5.12. The molecular formula is C15H20BrFN2O. The normalized spacial score (nSPS) is 15.8. The molecule has 1 saturated heterocycles. The largest absolute Gasteiger partial charge is 0.338 e. The Morgan fingerprint density at radius 1 is 1.25 bits per heavy atom. The van der Waals surface area contributed by atoms with E-state index in [1.54, 1.807) is 12.1 Å². The van der Waals surface area contributed by atoms with Gasteiger partial charge in [-0.05, 0) is 43.0 Å². The van der Waals surface area contributed by atoms with Crippen LogP contribution in [0.5, 0.6) is 0 Å². The topological polar surface area (TPSA) is 32.3 Å². The van der Waals surface area contributed by atoms with E-state index >= 15 is 0 Å². The van der Waals surface area contributed by atoms with Crippen molar-refractivity contribution in [2.45, 2.75) is 32.1 Å². The average molecular weight is 343 g/mol. The third-order valence-corrected chi connectivity index (χ3v) is 4.06. The fourth-order valence-electron chi connectivity index (χ4n) is 2.42. The molecule has 0 radical (unpaired) electrons. The van der Waals surface area contributed by atoms with E-state index in [0.29, 0.717) is 18.5 Å². The quantitative estimate of drug-likeness (QED) is 0.891. The van der Waals surface area contributed by atoms with Crippen molar-refractivity contribution in [1.29, 1.82) is 0 Å². The van der Waals surface area contributed by atoms with Gasteiger partial charge in [-0.2, -0.15) is 0 Å². The van der Waals surface area contributed by atoms with Crippen molar-refractivity contribution in [1.82, 2.24) is 10.2 Å². The summed E-state index contributed by atoms with van der Waals surface area (Å²) < 4.78 is 14.4. The number of hydrogen-bond acceptors (Lipinski definition) is 1. The van der Waals surface area contributed by atoms with Gasteiger partial charge in [-0.3, -0.25) is 0 Å². The Kier molecular flexibility index (Phi) is 5.83. The first-order valence-corrected chi connectivity index (χ1v) is 7.93. The summed E-state index contributed by atoms with van der Waals surface area (Å²) in [6.45, 7) is 2.12. The zero-order valence-electron chi connectivity index (χ0n) is 11.5. The number of amides is 2. The predicted octanol–water partition coefficient (Wildman–Crippen LogP) is 3.72.